The second kappa shape index (κ2) is 5.21. The fraction of sp³-hybridized carbons (Fsp3) is 0.588. The first kappa shape index (κ1) is 13.6. The summed E-state index contributed by atoms with van der Waals surface area (Å²) in [5.74, 6) is 0.0858. The molecule has 0 aliphatic heterocycles. The number of nitrogens with one attached hydrogen (secondary N) is 1. The van der Waals surface area contributed by atoms with E-state index < -0.39 is 5.60 Å². The van der Waals surface area contributed by atoms with Gasteiger partial charge in [0, 0.05) is 6.54 Å². The Kier molecular flexibility index (Phi) is 3.55. The highest BCUT2D eigenvalue weighted by atomic mass is 16.3. The number of rotatable bonds is 4. The van der Waals surface area contributed by atoms with Gasteiger partial charge in [-0.05, 0) is 31.2 Å². The molecule has 0 unspecified atom stereocenters. The van der Waals surface area contributed by atoms with Crippen molar-refractivity contribution < 1.29 is 9.90 Å². The maximum absolute atomic E-state index is 12.5. The molecule has 20 heavy (non-hydrogen) atoms. The van der Waals surface area contributed by atoms with Gasteiger partial charge in [-0.2, -0.15) is 0 Å². The lowest BCUT2D eigenvalue weighted by Crippen LogP contribution is -2.47. The van der Waals surface area contributed by atoms with Crippen LogP contribution in [0.15, 0.2) is 30.3 Å². The highest BCUT2D eigenvalue weighted by Crippen LogP contribution is 2.48. The van der Waals surface area contributed by atoms with Crippen LogP contribution in [0.4, 0.5) is 0 Å². The van der Waals surface area contributed by atoms with E-state index in [2.05, 4.69) is 5.32 Å². The molecule has 0 radical (unpaired) electrons. The van der Waals surface area contributed by atoms with Gasteiger partial charge in [-0.3, -0.25) is 4.79 Å². The van der Waals surface area contributed by atoms with Crippen molar-refractivity contribution in [2.45, 2.75) is 56.0 Å². The first-order valence-corrected chi connectivity index (χ1v) is 7.71. The standard InChI is InChI=1S/C17H23NO2/c19-15(18-13-16(20)9-5-2-6-10-16)17(11-12-17)14-7-3-1-4-8-14/h1,3-4,7-8,20H,2,5-6,9-13H2,(H,18,19). The molecule has 3 rings (SSSR count). The van der Waals surface area contributed by atoms with Gasteiger partial charge in [0.1, 0.15) is 0 Å². The fourth-order valence-electron chi connectivity index (χ4n) is 3.33. The average Bonchev–Trinajstić information content (AvgIpc) is 3.28. The minimum Gasteiger partial charge on any atom is -0.388 e. The van der Waals surface area contributed by atoms with Crippen LogP contribution < -0.4 is 5.32 Å². The van der Waals surface area contributed by atoms with Crippen molar-refractivity contribution >= 4 is 5.91 Å². The van der Waals surface area contributed by atoms with Crippen LogP contribution in [-0.2, 0) is 10.2 Å². The summed E-state index contributed by atoms with van der Waals surface area (Å²) in [6.07, 6.45) is 6.79. The monoisotopic (exact) mass is 273 g/mol. The van der Waals surface area contributed by atoms with Crippen LogP contribution >= 0.6 is 0 Å². The Hall–Kier alpha value is -1.35. The van der Waals surface area contributed by atoms with E-state index >= 15 is 0 Å². The van der Waals surface area contributed by atoms with E-state index in [9.17, 15) is 9.90 Å². The van der Waals surface area contributed by atoms with Crippen LogP contribution in [0.5, 0.6) is 0 Å². The molecule has 3 heteroatoms. The maximum atomic E-state index is 12.5. The molecular weight excluding hydrogens is 250 g/mol. The lowest BCUT2D eigenvalue weighted by atomic mass is 9.84. The summed E-state index contributed by atoms with van der Waals surface area (Å²) in [4.78, 5) is 12.5. The Morgan fingerprint density at radius 2 is 1.70 bits per heavy atom. The minimum absolute atomic E-state index is 0.0858. The fourth-order valence-corrected chi connectivity index (χ4v) is 3.33. The molecule has 2 saturated carbocycles. The molecule has 2 aliphatic rings. The molecule has 2 aliphatic carbocycles. The zero-order valence-electron chi connectivity index (χ0n) is 11.9. The Balaban J connectivity index is 1.62. The SMILES string of the molecule is O=C(NCC1(O)CCCCC1)C1(c2ccccc2)CC1. The first-order valence-electron chi connectivity index (χ1n) is 7.71. The van der Waals surface area contributed by atoms with Gasteiger partial charge in [0.2, 0.25) is 5.91 Å². The van der Waals surface area contributed by atoms with Gasteiger partial charge in [0.25, 0.3) is 0 Å². The minimum atomic E-state index is -0.680. The number of aliphatic hydroxyl groups is 1. The van der Waals surface area contributed by atoms with Crippen molar-refractivity contribution in [3.63, 3.8) is 0 Å². The Labute approximate surface area is 120 Å². The molecule has 0 atom stereocenters. The van der Waals surface area contributed by atoms with Gasteiger partial charge in [-0.25, -0.2) is 0 Å². The largest absolute Gasteiger partial charge is 0.388 e. The smallest absolute Gasteiger partial charge is 0.230 e. The number of carbonyl (C=O) groups excluding carboxylic acids is 1. The number of hydrogen-bond acceptors (Lipinski definition) is 2. The summed E-state index contributed by atoms with van der Waals surface area (Å²) >= 11 is 0. The van der Waals surface area contributed by atoms with Crippen molar-refractivity contribution in [2.24, 2.45) is 0 Å². The molecule has 2 fully saturated rings. The zero-order chi connectivity index (χ0) is 14.1. The van der Waals surface area contributed by atoms with Crippen molar-refractivity contribution in [3.8, 4) is 0 Å². The topological polar surface area (TPSA) is 49.3 Å². The van der Waals surface area contributed by atoms with E-state index in [1.165, 1.54) is 6.42 Å². The molecule has 0 bridgehead atoms. The molecule has 1 aromatic carbocycles. The van der Waals surface area contributed by atoms with E-state index in [1.807, 2.05) is 30.3 Å². The second-order valence-corrected chi connectivity index (χ2v) is 6.42. The Bertz CT molecular complexity index is 473. The number of carbonyl (C=O) groups is 1. The molecule has 0 aromatic heterocycles. The van der Waals surface area contributed by atoms with Gasteiger partial charge < -0.3 is 10.4 Å². The van der Waals surface area contributed by atoms with E-state index in [4.69, 9.17) is 0 Å². The quantitative estimate of drug-likeness (QED) is 0.885. The van der Waals surface area contributed by atoms with Gasteiger partial charge in [0.05, 0.1) is 11.0 Å². The van der Waals surface area contributed by atoms with Crippen LogP contribution in [0.3, 0.4) is 0 Å². The summed E-state index contributed by atoms with van der Waals surface area (Å²) in [6, 6.07) is 10.0. The molecule has 1 amide bonds. The highest BCUT2D eigenvalue weighted by molar-refractivity contribution is 5.91. The summed E-state index contributed by atoms with van der Waals surface area (Å²) < 4.78 is 0. The molecule has 3 nitrogen and oxygen atoms in total. The van der Waals surface area contributed by atoms with Crippen LogP contribution in [0.1, 0.15) is 50.5 Å². The number of hydrogen-bond donors (Lipinski definition) is 2. The van der Waals surface area contributed by atoms with E-state index in [0.29, 0.717) is 6.54 Å². The molecule has 0 spiro atoms. The normalized spacial score (nSPS) is 23.1. The molecule has 1 aromatic rings. The summed E-state index contributed by atoms with van der Waals surface area (Å²) in [5.41, 5.74) is 0.0978. The van der Waals surface area contributed by atoms with E-state index in [1.54, 1.807) is 0 Å². The third kappa shape index (κ3) is 2.59. The van der Waals surface area contributed by atoms with Crippen LogP contribution in [-0.4, -0.2) is 23.2 Å². The lowest BCUT2D eigenvalue weighted by Gasteiger charge is -2.32. The molecule has 0 heterocycles. The van der Waals surface area contributed by atoms with Crippen molar-refractivity contribution in [1.82, 2.24) is 5.32 Å². The van der Waals surface area contributed by atoms with E-state index in [-0.39, 0.29) is 11.3 Å². The lowest BCUT2D eigenvalue weighted by molar-refractivity contribution is -0.125. The maximum Gasteiger partial charge on any atom is 0.230 e. The van der Waals surface area contributed by atoms with Crippen LogP contribution in [0.25, 0.3) is 0 Å². The third-order valence-corrected chi connectivity index (χ3v) is 4.87. The van der Waals surface area contributed by atoms with Gasteiger partial charge >= 0.3 is 0 Å². The average molecular weight is 273 g/mol. The molecule has 108 valence electrons. The summed E-state index contributed by atoms with van der Waals surface area (Å²) in [6.45, 7) is 0.403. The molecule has 0 saturated heterocycles. The third-order valence-electron chi connectivity index (χ3n) is 4.87. The zero-order valence-corrected chi connectivity index (χ0v) is 11.9. The van der Waals surface area contributed by atoms with Crippen molar-refractivity contribution in [1.29, 1.82) is 0 Å². The predicted molar refractivity (Wildman–Crippen MR) is 78.4 cm³/mol. The van der Waals surface area contributed by atoms with E-state index in [0.717, 1.165) is 44.1 Å². The van der Waals surface area contributed by atoms with Crippen LogP contribution in [0, 0.1) is 0 Å². The number of amides is 1. The first-order chi connectivity index (χ1) is 9.65. The highest BCUT2D eigenvalue weighted by Gasteiger charge is 2.51. The molecule has 2 N–H and O–H groups in total. The van der Waals surface area contributed by atoms with Crippen molar-refractivity contribution in [2.75, 3.05) is 6.54 Å². The summed E-state index contributed by atoms with van der Waals surface area (Å²) in [7, 11) is 0. The van der Waals surface area contributed by atoms with Gasteiger partial charge in [-0.15, -0.1) is 0 Å². The van der Waals surface area contributed by atoms with Crippen molar-refractivity contribution in [3.05, 3.63) is 35.9 Å². The van der Waals surface area contributed by atoms with Crippen LogP contribution in [0.2, 0.25) is 0 Å². The van der Waals surface area contributed by atoms with Gasteiger partial charge in [-0.1, -0.05) is 49.6 Å². The molecular formula is C17H23NO2. The summed E-state index contributed by atoms with van der Waals surface area (Å²) in [5, 5.41) is 13.5. The Morgan fingerprint density at radius 1 is 1.05 bits per heavy atom. The second-order valence-electron chi connectivity index (χ2n) is 6.42. The number of benzene rings is 1. The van der Waals surface area contributed by atoms with Gasteiger partial charge in [0.15, 0.2) is 0 Å². The Morgan fingerprint density at radius 3 is 2.30 bits per heavy atom. The predicted octanol–water partition coefficient (Wildman–Crippen LogP) is 2.53.